The molecule has 0 spiro atoms. The molecular formula is C28H44N4NbO12Pt-3. The Balaban J connectivity index is -0.000000101. The second-order valence-electron chi connectivity index (χ2n) is 9.84. The van der Waals surface area contributed by atoms with Crippen molar-refractivity contribution in [1.29, 1.82) is 0 Å². The molecule has 4 rings (SSSR count). The number of hydrogen-bond acceptors (Lipinski definition) is 12. The third-order valence-corrected chi connectivity index (χ3v) is 5.97. The quantitative estimate of drug-likeness (QED) is 0.0960. The van der Waals surface area contributed by atoms with Crippen LogP contribution in [-0.2, 0) is 62.6 Å². The van der Waals surface area contributed by atoms with Crippen LogP contribution in [0.1, 0.15) is 66.2 Å². The Morgan fingerprint density at radius 1 is 0.587 bits per heavy atom. The van der Waals surface area contributed by atoms with Gasteiger partial charge < -0.3 is 81.9 Å². The van der Waals surface area contributed by atoms with Gasteiger partial charge in [-0.2, -0.15) is 6.20 Å². The first-order valence-corrected chi connectivity index (χ1v) is 13.9. The van der Waals surface area contributed by atoms with Gasteiger partial charge in [-0.15, -0.1) is 45.8 Å². The van der Waals surface area contributed by atoms with E-state index in [1.54, 1.807) is 0 Å². The van der Waals surface area contributed by atoms with Crippen LogP contribution in [0.3, 0.4) is 0 Å². The summed E-state index contributed by atoms with van der Waals surface area (Å²) in [5, 5.41) is 80.4. The van der Waals surface area contributed by atoms with Gasteiger partial charge >= 0.3 is 43.4 Å². The van der Waals surface area contributed by atoms with E-state index in [2.05, 4.69) is 55.0 Å². The smallest absolute Gasteiger partial charge is 1.00 e. The summed E-state index contributed by atoms with van der Waals surface area (Å²) in [5.41, 5.74) is 1.31. The van der Waals surface area contributed by atoms with Gasteiger partial charge in [0.2, 0.25) is 0 Å². The predicted octanol–water partition coefficient (Wildman–Crippen LogP) is -4.58. The van der Waals surface area contributed by atoms with E-state index < -0.39 is 23.9 Å². The number of carbonyl (C=O) groups excluding carboxylic acids is 4. The van der Waals surface area contributed by atoms with Crippen molar-refractivity contribution in [3.05, 3.63) is 45.2 Å². The molecule has 16 nitrogen and oxygen atoms in total. The van der Waals surface area contributed by atoms with Crippen molar-refractivity contribution in [3.63, 3.8) is 0 Å². The van der Waals surface area contributed by atoms with E-state index in [-0.39, 0.29) is 43.4 Å². The molecule has 0 amide bonds. The Bertz CT molecular complexity index is 692. The fraction of sp³-hybridized carbons (Fsp3) is 0.714. The molecule has 0 radical (unpaired) electrons. The largest absolute Gasteiger partial charge is 5.00 e. The molecular weight excluding hydrogens is 872 g/mol. The second kappa shape index (κ2) is 43.3. The molecule has 4 aliphatic heterocycles. The number of carboxylic acid groups (broad SMARTS) is 4. The van der Waals surface area contributed by atoms with E-state index in [1.165, 1.54) is 44.1 Å². The number of hydrogen-bond donors (Lipinski definition) is 0. The zero-order valence-electron chi connectivity index (χ0n) is 26.6. The molecule has 0 unspecified atom stereocenters. The molecule has 0 N–H and O–H groups in total. The van der Waals surface area contributed by atoms with Crippen LogP contribution in [0.2, 0.25) is 0 Å². The minimum atomic E-state index is -2.19. The number of rotatable bonds is 0. The van der Waals surface area contributed by atoms with Crippen LogP contribution in [0.4, 0.5) is 0 Å². The summed E-state index contributed by atoms with van der Waals surface area (Å²) in [4.78, 5) is 35.7. The molecule has 0 aromatic carbocycles. The maximum atomic E-state index is 8.93. The summed E-state index contributed by atoms with van der Waals surface area (Å²) in [7, 11) is 0. The molecule has 266 valence electrons. The average molecular weight is 917 g/mol. The summed E-state index contributed by atoms with van der Waals surface area (Å²) in [6, 6.07) is 0. The average Bonchev–Trinajstić information content (AvgIpc) is 3.02. The number of carboxylic acids is 4. The summed E-state index contributed by atoms with van der Waals surface area (Å²) >= 11 is 0. The molecule has 18 heteroatoms. The predicted molar refractivity (Wildman–Crippen MR) is 146 cm³/mol. The molecule has 4 heterocycles. The molecule has 0 atom stereocenters. The first kappa shape index (κ1) is 56.6. The van der Waals surface area contributed by atoms with Crippen LogP contribution < -0.4 is 41.5 Å². The van der Waals surface area contributed by atoms with E-state index in [0.717, 1.165) is 63.6 Å². The third-order valence-electron chi connectivity index (χ3n) is 5.97. The number of aliphatic carboxylic acids is 4. The van der Waals surface area contributed by atoms with Gasteiger partial charge in [0.25, 0.3) is 0 Å². The molecule has 46 heavy (non-hydrogen) atoms. The summed E-state index contributed by atoms with van der Waals surface area (Å²) in [6.07, 6.45) is 13.9. The molecule has 0 aliphatic carbocycles. The van der Waals surface area contributed by atoms with Gasteiger partial charge in [0.1, 0.15) is 0 Å². The van der Waals surface area contributed by atoms with Crippen molar-refractivity contribution >= 4 is 23.9 Å². The molecule has 0 saturated carbocycles. The Labute approximate surface area is 301 Å². The Kier molecular flexibility index (Phi) is 53.3. The number of nitrogens with zero attached hydrogens (tertiary/aromatic N) is 4. The first-order chi connectivity index (χ1) is 20.9. The molecule has 4 aliphatic rings. The fourth-order valence-corrected chi connectivity index (χ4v) is 3.13. The van der Waals surface area contributed by atoms with E-state index in [1.807, 2.05) is 12.3 Å². The van der Waals surface area contributed by atoms with Crippen molar-refractivity contribution in [2.45, 2.75) is 66.2 Å². The standard InChI is InChI=1S/3C6H12N.C6H8N.2C2H2O4.Nb.2O2.Pt/c4*1-6-2-4-7-5-3-6;2*3-1(4)2(5)6;;2*1-2;/h3*6H,2-5H2,1H3;2-4H,5H2,1H3;2*(H,3,4)(H,5,6);;;;/q4*-1;;;+5;2*-2;+4/p-4. The van der Waals surface area contributed by atoms with E-state index in [9.17, 15) is 0 Å². The SMILES string of the molecule is CC1=CC[N-]C=C1.CC1CC[N-]CC1.CC1CC[N-]CC1.CC1CC[N-]CC1.O=C([O-])C(=O)[O-].O=C([O-])C(=O)[O-].[Nb+5].[O-][O-].[O-][O-].[Pt+4]. The van der Waals surface area contributed by atoms with Crippen molar-refractivity contribution in [1.82, 2.24) is 0 Å². The van der Waals surface area contributed by atoms with Crippen molar-refractivity contribution in [2.75, 3.05) is 45.8 Å². The minimum absolute atomic E-state index is 0. The molecule has 3 fully saturated rings. The van der Waals surface area contributed by atoms with Gasteiger partial charge in [-0.05, 0) is 24.7 Å². The number of carbonyl (C=O) groups is 4. The molecule has 0 aromatic rings. The zero-order chi connectivity index (χ0) is 34.8. The molecule has 0 bridgehead atoms. The van der Waals surface area contributed by atoms with Crippen LogP contribution in [-0.4, -0.2) is 69.7 Å². The minimum Gasteiger partial charge on any atom is -1.00 e. The van der Waals surface area contributed by atoms with E-state index >= 15 is 0 Å². The maximum Gasteiger partial charge on any atom is 5.00 e. The van der Waals surface area contributed by atoms with E-state index in [4.69, 9.17) is 60.6 Å². The summed E-state index contributed by atoms with van der Waals surface area (Å²) < 4.78 is 0. The second-order valence-corrected chi connectivity index (χ2v) is 9.84. The monoisotopic (exact) mass is 916 g/mol. The van der Waals surface area contributed by atoms with Crippen LogP contribution in [0.15, 0.2) is 23.9 Å². The Hall–Kier alpha value is -1.69. The normalized spacial score (nSPS) is 16.5. The van der Waals surface area contributed by atoms with Gasteiger partial charge in [0.05, 0.1) is 23.9 Å². The van der Waals surface area contributed by atoms with Gasteiger partial charge in [-0.3, -0.25) is 0 Å². The van der Waals surface area contributed by atoms with Crippen molar-refractivity contribution < 1.29 is 104 Å². The van der Waals surface area contributed by atoms with Gasteiger partial charge in [-0.1, -0.05) is 77.0 Å². The van der Waals surface area contributed by atoms with Crippen molar-refractivity contribution in [3.8, 4) is 0 Å². The van der Waals surface area contributed by atoms with Crippen LogP contribution in [0, 0.1) is 17.8 Å². The number of piperidine rings is 3. The van der Waals surface area contributed by atoms with Gasteiger partial charge in [0.15, 0.2) is 0 Å². The third kappa shape index (κ3) is 49.2. The van der Waals surface area contributed by atoms with Gasteiger partial charge in [-0.25, -0.2) is 0 Å². The first-order valence-electron chi connectivity index (χ1n) is 13.9. The molecule has 3 saturated heterocycles. The van der Waals surface area contributed by atoms with Crippen LogP contribution in [0.5, 0.6) is 0 Å². The zero-order valence-corrected chi connectivity index (χ0v) is 31.1. The number of allylic oxidation sites excluding steroid dienone is 2. The summed E-state index contributed by atoms with van der Waals surface area (Å²) in [5.74, 6) is -5.91. The fourth-order valence-electron chi connectivity index (χ4n) is 3.13. The molecule has 0 aromatic heterocycles. The van der Waals surface area contributed by atoms with Crippen molar-refractivity contribution in [2.24, 2.45) is 17.8 Å². The summed E-state index contributed by atoms with van der Waals surface area (Å²) in [6.45, 7) is 16.5. The van der Waals surface area contributed by atoms with E-state index in [0.29, 0.717) is 0 Å². The maximum absolute atomic E-state index is 8.93. The van der Waals surface area contributed by atoms with Crippen LogP contribution >= 0.6 is 0 Å². The Morgan fingerprint density at radius 3 is 0.913 bits per heavy atom. The topological polar surface area (TPSA) is 309 Å². The van der Waals surface area contributed by atoms with Crippen LogP contribution in [0.25, 0.3) is 21.3 Å². The Morgan fingerprint density at radius 2 is 0.826 bits per heavy atom. The van der Waals surface area contributed by atoms with Gasteiger partial charge in [0, 0.05) is 0 Å².